The second kappa shape index (κ2) is 57.2. The molecule has 17 atom stereocenters. The van der Waals surface area contributed by atoms with Crippen LogP contribution in [0.1, 0.15) is 284 Å². The van der Waals surface area contributed by atoms with E-state index in [4.69, 9.17) is 28.4 Å². The van der Waals surface area contributed by atoms with E-state index in [9.17, 15) is 61.0 Å². The van der Waals surface area contributed by atoms with Crippen LogP contribution in [0.2, 0.25) is 0 Å². The highest BCUT2D eigenvalue weighted by atomic mass is 16.8. The largest absolute Gasteiger partial charge is 0.394 e. The first-order chi connectivity index (χ1) is 46.3. The lowest BCUT2D eigenvalue weighted by molar-refractivity contribution is -0.379. The molecule has 3 aliphatic heterocycles. The summed E-state index contributed by atoms with van der Waals surface area (Å²) in [7, 11) is 0. The first kappa shape index (κ1) is 86.7. The Morgan fingerprint density at radius 3 is 1.14 bits per heavy atom. The van der Waals surface area contributed by atoms with Crippen molar-refractivity contribution >= 4 is 5.91 Å². The molecule has 0 radical (unpaired) electrons. The number of allylic oxidation sites excluding steroid dienone is 9. The minimum Gasteiger partial charge on any atom is -0.394 e. The lowest BCUT2D eigenvalue weighted by atomic mass is 9.96. The predicted octanol–water partition coefficient (Wildman–Crippen LogP) is 11.5. The normalized spacial score (nSPS) is 27.5. The monoisotopic (exact) mass is 1350 g/mol. The summed E-state index contributed by atoms with van der Waals surface area (Å²) in [6.45, 7) is 1.65. The van der Waals surface area contributed by atoms with Gasteiger partial charge in [0.25, 0.3) is 0 Å². The molecule has 0 spiro atoms. The van der Waals surface area contributed by atoms with E-state index in [1.165, 1.54) is 180 Å². The van der Waals surface area contributed by atoms with Gasteiger partial charge in [-0.3, -0.25) is 4.79 Å². The van der Waals surface area contributed by atoms with Crippen LogP contribution in [0.4, 0.5) is 0 Å². The van der Waals surface area contributed by atoms with Crippen LogP contribution in [0, 0.1) is 0 Å². The average molecular weight is 1350 g/mol. The number of hydrogen-bond donors (Lipinski definition) is 12. The van der Waals surface area contributed by atoms with Crippen LogP contribution in [0.25, 0.3) is 0 Å². The Morgan fingerprint density at radius 2 is 0.726 bits per heavy atom. The van der Waals surface area contributed by atoms with Gasteiger partial charge in [-0.2, -0.15) is 0 Å². The van der Waals surface area contributed by atoms with Crippen molar-refractivity contribution < 1.29 is 89.4 Å². The van der Waals surface area contributed by atoms with Crippen molar-refractivity contribution in [3.8, 4) is 0 Å². The van der Waals surface area contributed by atoms with Crippen molar-refractivity contribution in [3.63, 3.8) is 0 Å². The smallest absolute Gasteiger partial charge is 0.220 e. The molecule has 3 rings (SSSR count). The molecule has 0 aromatic carbocycles. The van der Waals surface area contributed by atoms with Gasteiger partial charge in [-0.05, 0) is 57.8 Å². The zero-order valence-corrected chi connectivity index (χ0v) is 58.9. The van der Waals surface area contributed by atoms with E-state index in [-0.39, 0.29) is 18.9 Å². The molecule has 0 aromatic heterocycles. The Morgan fingerprint density at radius 1 is 0.389 bits per heavy atom. The molecule has 95 heavy (non-hydrogen) atoms. The SMILES string of the molecule is CC/C=C\C/C=C\C/C=C\C/C=C\CCCCCCCCCCCCCCC(=O)NC(COC1OC(CO)C(OC2OC(CO)C(OC3OC(CO)C(O)C(O)C3O)C(O)C2O)C(O)C1O)C(O)/C=C/CCCCCCCCCCCCCCCCCCCCCCCCC. The van der Waals surface area contributed by atoms with Crippen molar-refractivity contribution in [3.05, 3.63) is 60.8 Å². The zero-order valence-electron chi connectivity index (χ0n) is 58.9. The summed E-state index contributed by atoms with van der Waals surface area (Å²) >= 11 is 0. The van der Waals surface area contributed by atoms with E-state index in [0.717, 1.165) is 77.0 Å². The first-order valence-electron chi connectivity index (χ1n) is 38.0. The van der Waals surface area contributed by atoms with E-state index in [1.807, 2.05) is 6.08 Å². The minimum absolute atomic E-state index is 0.239. The molecule has 0 aliphatic carbocycles. The molecule has 19 heteroatoms. The summed E-state index contributed by atoms with van der Waals surface area (Å²) < 4.78 is 34.4. The number of carbonyl (C=O) groups is 1. The Kier molecular flexibility index (Phi) is 52.2. The van der Waals surface area contributed by atoms with E-state index in [2.05, 4.69) is 67.8 Å². The molecule has 3 saturated heterocycles. The van der Waals surface area contributed by atoms with Crippen LogP contribution in [0.15, 0.2) is 60.8 Å². The highest BCUT2D eigenvalue weighted by Crippen LogP contribution is 2.33. The second-order valence-corrected chi connectivity index (χ2v) is 27.1. The fraction of sp³-hybridized carbons (Fsp3) is 0.855. The molecule has 19 nitrogen and oxygen atoms in total. The maximum atomic E-state index is 13.5. The topological polar surface area (TPSA) is 307 Å². The summed E-state index contributed by atoms with van der Waals surface area (Å²) in [4.78, 5) is 13.5. The number of amides is 1. The van der Waals surface area contributed by atoms with Gasteiger partial charge in [-0.1, -0.05) is 280 Å². The van der Waals surface area contributed by atoms with E-state index in [0.29, 0.717) is 6.42 Å². The Bertz CT molecular complexity index is 1950. The number of hydrogen-bond acceptors (Lipinski definition) is 18. The van der Waals surface area contributed by atoms with Gasteiger partial charge < -0.3 is 89.9 Å². The van der Waals surface area contributed by atoms with Gasteiger partial charge in [-0.15, -0.1) is 0 Å². The van der Waals surface area contributed by atoms with Crippen LogP contribution in [0.3, 0.4) is 0 Å². The molecule has 17 unspecified atom stereocenters. The fourth-order valence-electron chi connectivity index (χ4n) is 12.7. The molecule has 3 aliphatic rings. The Labute approximate surface area is 573 Å². The second-order valence-electron chi connectivity index (χ2n) is 27.1. The number of ether oxygens (including phenoxy) is 6. The van der Waals surface area contributed by atoms with Gasteiger partial charge in [0.05, 0.1) is 38.6 Å². The predicted molar refractivity (Wildman–Crippen MR) is 374 cm³/mol. The lowest BCUT2D eigenvalue weighted by Crippen LogP contribution is -2.66. The van der Waals surface area contributed by atoms with Gasteiger partial charge in [-0.25, -0.2) is 0 Å². The summed E-state index contributed by atoms with van der Waals surface area (Å²) in [5.74, 6) is -0.276. The van der Waals surface area contributed by atoms with Gasteiger partial charge >= 0.3 is 0 Å². The van der Waals surface area contributed by atoms with Crippen LogP contribution in [0.5, 0.6) is 0 Å². The maximum absolute atomic E-state index is 13.5. The van der Waals surface area contributed by atoms with Crippen molar-refractivity contribution in [1.29, 1.82) is 0 Å². The van der Waals surface area contributed by atoms with Crippen molar-refractivity contribution in [1.82, 2.24) is 5.32 Å². The molecule has 3 fully saturated rings. The molecule has 12 N–H and O–H groups in total. The third kappa shape index (κ3) is 38.2. The fourth-order valence-corrected chi connectivity index (χ4v) is 12.7. The molecule has 554 valence electrons. The zero-order chi connectivity index (χ0) is 68.9. The highest BCUT2D eigenvalue weighted by Gasteiger charge is 2.53. The van der Waals surface area contributed by atoms with Crippen LogP contribution in [-0.4, -0.2) is 193 Å². The maximum Gasteiger partial charge on any atom is 0.220 e. The number of carbonyl (C=O) groups excluding carboxylic acids is 1. The van der Waals surface area contributed by atoms with E-state index >= 15 is 0 Å². The third-order valence-electron chi connectivity index (χ3n) is 18.8. The number of nitrogens with one attached hydrogen (secondary N) is 1. The van der Waals surface area contributed by atoms with Crippen molar-refractivity contribution in [2.45, 2.75) is 388 Å². The van der Waals surface area contributed by atoms with Crippen LogP contribution in [-0.2, 0) is 33.2 Å². The molecule has 0 aromatic rings. The summed E-state index contributed by atoms with van der Waals surface area (Å²) in [6.07, 6.45) is 44.8. The minimum atomic E-state index is -1.98. The van der Waals surface area contributed by atoms with Gasteiger partial charge in [0.1, 0.15) is 73.2 Å². The number of rotatable bonds is 59. The molecule has 0 bridgehead atoms. The first-order valence-corrected chi connectivity index (χ1v) is 38.0. The highest BCUT2D eigenvalue weighted by molar-refractivity contribution is 5.76. The standard InChI is InChI=1S/C76H137NO18/c1-3-5-7-9-11-13-15-17-19-21-23-25-27-29-31-33-35-37-39-41-43-45-47-49-51-53-60(81)59(77-64(82)54-52-50-48-46-44-42-40-38-36-34-32-30-28-26-24-22-20-18-16-14-12-10-8-6-4-2)58-90-74-70(88)67(85)72(62(56-79)92-74)95-76-71(89)68(86)73(63(57-80)93-76)94-75-69(87)66(84)65(83)61(55-78)91-75/h6,8,12,14,18,20,24,26,51,53,59-63,65-76,78-81,83-89H,3-5,7,9-11,13,15-17,19,21-23,25,27-50,52,54-58H2,1-2H3,(H,77,82)/b8-6-,14-12-,20-18-,26-24-,53-51+. The van der Waals surface area contributed by atoms with Gasteiger partial charge in [0.2, 0.25) is 5.91 Å². The molecule has 3 heterocycles. The van der Waals surface area contributed by atoms with E-state index in [1.54, 1.807) is 6.08 Å². The van der Waals surface area contributed by atoms with Gasteiger partial charge in [0, 0.05) is 6.42 Å². The van der Waals surface area contributed by atoms with Crippen LogP contribution < -0.4 is 5.32 Å². The van der Waals surface area contributed by atoms with Crippen molar-refractivity contribution in [2.24, 2.45) is 0 Å². The molecular formula is C76H137NO18. The van der Waals surface area contributed by atoms with E-state index < -0.39 is 124 Å². The number of aliphatic hydroxyl groups excluding tert-OH is 11. The Balaban J connectivity index is 1.41. The number of aliphatic hydroxyl groups is 11. The summed E-state index contributed by atoms with van der Waals surface area (Å²) in [5.41, 5.74) is 0. The van der Waals surface area contributed by atoms with Crippen molar-refractivity contribution in [2.75, 3.05) is 26.4 Å². The summed E-state index contributed by atoms with van der Waals surface area (Å²) in [5, 5.41) is 121. The lowest BCUT2D eigenvalue weighted by Gasteiger charge is -2.48. The molecule has 0 saturated carbocycles. The van der Waals surface area contributed by atoms with Crippen LogP contribution >= 0.6 is 0 Å². The average Bonchev–Trinajstić information content (AvgIpc) is 0.787. The Hall–Kier alpha value is -2.51. The summed E-state index contributed by atoms with van der Waals surface area (Å²) in [6, 6.07) is -0.978. The quantitative estimate of drug-likeness (QED) is 0.0199. The molecular weight excluding hydrogens is 1210 g/mol. The number of unbranched alkanes of at least 4 members (excludes halogenated alkanes) is 35. The third-order valence-corrected chi connectivity index (χ3v) is 18.8. The molecule has 1 amide bonds. The van der Waals surface area contributed by atoms with Gasteiger partial charge in [0.15, 0.2) is 18.9 Å².